The molecule has 12 nitrogen and oxygen atoms in total. The van der Waals surface area contributed by atoms with E-state index in [9.17, 15) is 30.3 Å². The fourth-order valence-electron chi connectivity index (χ4n) is 3.36. The number of nitro groups is 2. The van der Waals surface area contributed by atoms with Gasteiger partial charge in [-0.15, -0.1) is 0 Å². The van der Waals surface area contributed by atoms with Crippen LogP contribution in [0, 0.1) is 31.6 Å². The Hall–Kier alpha value is -4.96. The number of nitro benzene ring substituents is 2. The van der Waals surface area contributed by atoms with E-state index in [0.29, 0.717) is 33.7 Å². The molecule has 0 atom stereocenters. The predicted octanol–water partition coefficient (Wildman–Crippen LogP) is 5.80. The molecule has 0 aliphatic heterocycles. The number of carbonyl (C=O) groups is 1. The average molecular weight is 597 g/mol. The van der Waals surface area contributed by atoms with Crippen molar-refractivity contribution in [1.82, 2.24) is 0 Å². The first kappa shape index (κ1) is 28.6. The van der Waals surface area contributed by atoms with E-state index >= 15 is 0 Å². The van der Waals surface area contributed by atoms with E-state index in [0.717, 1.165) is 6.07 Å². The summed E-state index contributed by atoms with van der Waals surface area (Å²) in [7, 11) is 1.34. The molecule has 1 amide bonds. The molecule has 3 aromatic rings. The van der Waals surface area contributed by atoms with Gasteiger partial charge in [0.1, 0.15) is 24.0 Å². The van der Waals surface area contributed by atoms with E-state index in [1.807, 2.05) is 6.07 Å². The van der Waals surface area contributed by atoms with Gasteiger partial charge in [0.25, 0.3) is 17.3 Å². The number of nitriles is 1. The molecule has 0 aliphatic carbocycles. The van der Waals surface area contributed by atoms with Crippen LogP contribution < -0.4 is 19.5 Å². The summed E-state index contributed by atoms with van der Waals surface area (Å²) in [6.07, 6.45) is 1.33. The lowest BCUT2D eigenvalue weighted by atomic mass is 10.1. The maximum atomic E-state index is 12.8. The summed E-state index contributed by atoms with van der Waals surface area (Å²) in [5.74, 6) is 0.0701. The smallest absolute Gasteiger partial charge is 0.271 e. The molecule has 0 bridgehead atoms. The van der Waals surface area contributed by atoms with E-state index in [1.54, 1.807) is 31.2 Å². The van der Waals surface area contributed by atoms with Crippen molar-refractivity contribution in [1.29, 1.82) is 5.26 Å². The molecule has 0 spiro atoms. The van der Waals surface area contributed by atoms with Crippen molar-refractivity contribution in [2.75, 3.05) is 19.0 Å². The lowest BCUT2D eigenvalue weighted by Crippen LogP contribution is -2.14. The number of non-ortho nitro benzene ring substituents is 2. The molecule has 13 heteroatoms. The van der Waals surface area contributed by atoms with E-state index in [-0.39, 0.29) is 35.0 Å². The molecule has 0 heterocycles. The first-order valence-corrected chi connectivity index (χ1v) is 12.0. The minimum absolute atomic E-state index is 0.0315. The summed E-state index contributed by atoms with van der Waals surface area (Å²) in [5, 5.41) is 34.1. The van der Waals surface area contributed by atoms with Crippen LogP contribution in [0.25, 0.3) is 6.08 Å². The number of hydrogen-bond acceptors (Lipinski definition) is 9. The zero-order valence-corrected chi connectivity index (χ0v) is 22.3. The second-order valence-corrected chi connectivity index (χ2v) is 8.60. The Bertz CT molecular complexity index is 1480. The number of methoxy groups -OCH3 is 1. The van der Waals surface area contributed by atoms with Crippen molar-refractivity contribution in [3.05, 3.63) is 96.0 Å². The molecular weight excluding hydrogens is 576 g/mol. The zero-order valence-electron chi connectivity index (χ0n) is 20.7. The summed E-state index contributed by atoms with van der Waals surface area (Å²) in [4.78, 5) is 33.7. The molecule has 0 radical (unpaired) electrons. The third kappa shape index (κ3) is 7.30. The van der Waals surface area contributed by atoms with Crippen LogP contribution in [0.5, 0.6) is 17.2 Å². The van der Waals surface area contributed by atoms with Crippen LogP contribution in [0.4, 0.5) is 17.1 Å². The van der Waals surface area contributed by atoms with Gasteiger partial charge in [-0.1, -0.05) is 0 Å². The van der Waals surface area contributed by atoms with Crippen molar-refractivity contribution < 1.29 is 28.9 Å². The summed E-state index contributed by atoms with van der Waals surface area (Å²) in [6, 6.07) is 14.6. The standard InChI is InChI=1S/C26H21BrN4O8/c1-3-38-24-12-17(11-21(27)25(24)39-15-16-4-6-19(7-5-16)30(33)34)10-18(14-28)26(32)29-22-13-20(31(35)36)8-9-23(22)37-2/h4-13H,3,15H2,1-2H3,(H,29,32)/b18-10+. The second-order valence-electron chi connectivity index (χ2n) is 7.74. The van der Waals surface area contributed by atoms with Crippen molar-refractivity contribution >= 4 is 45.0 Å². The van der Waals surface area contributed by atoms with Gasteiger partial charge in [0.2, 0.25) is 0 Å². The Balaban J connectivity index is 1.86. The molecule has 3 rings (SSSR count). The van der Waals surface area contributed by atoms with Crippen LogP contribution in [-0.4, -0.2) is 29.5 Å². The molecule has 0 saturated heterocycles. The molecule has 1 N–H and O–H groups in total. The van der Waals surface area contributed by atoms with Crippen LogP contribution >= 0.6 is 15.9 Å². The molecule has 0 fully saturated rings. The van der Waals surface area contributed by atoms with E-state index < -0.39 is 15.8 Å². The monoisotopic (exact) mass is 596 g/mol. The number of benzene rings is 3. The van der Waals surface area contributed by atoms with Gasteiger partial charge in [-0.2, -0.15) is 5.26 Å². The fourth-order valence-corrected chi connectivity index (χ4v) is 3.93. The molecule has 0 saturated carbocycles. The number of nitrogens with zero attached hydrogens (tertiary/aromatic N) is 3. The fraction of sp³-hybridized carbons (Fsp3) is 0.154. The maximum absolute atomic E-state index is 12.8. The highest BCUT2D eigenvalue weighted by Gasteiger charge is 2.18. The second kappa shape index (κ2) is 13.0. The van der Waals surface area contributed by atoms with Crippen LogP contribution in [0.15, 0.2) is 64.6 Å². The Morgan fingerprint density at radius 3 is 2.28 bits per heavy atom. The van der Waals surface area contributed by atoms with Gasteiger partial charge in [-0.25, -0.2) is 0 Å². The van der Waals surface area contributed by atoms with Crippen LogP contribution in [0.1, 0.15) is 18.1 Å². The molecular formula is C26H21BrN4O8. The lowest BCUT2D eigenvalue weighted by molar-refractivity contribution is -0.385. The van der Waals surface area contributed by atoms with Gasteiger partial charge >= 0.3 is 0 Å². The van der Waals surface area contributed by atoms with Gasteiger partial charge in [0, 0.05) is 24.3 Å². The van der Waals surface area contributed by atoms with Crippen LogP contribution in [0.3, 0.4) is 0 Å². The summed E-state index contributed by atoms with van der Waals surface area (Å²) >= 11 is 3.43. The average Bonchev–Trinajstić information content (AvgIpc) is 2.91. The van der Waals surface area contributed by atoms with Crippen molar-refractivity contribution in [3.8, 4) is 23.3 Å². The third-order valence-electron chi connectivity index (χ3n) is 5.18. The van der Waals surface area contributed by atoms with Crippen LogP contribution in [-0.2, 0) is 11.4 Å². The van der Waals surface area contributed by atoms with Crippen molar-refractivity contribution in [2.45, 2.75) is 13.5 Å². The number of ether oxygens (including phenoxy) is 3. The Labute approximate surface area is 230 Å². The Kier molecular flexibility index (Phi) is 9.55. The highest BCUT2D eigenvalue weighted by molar-refractivity contribution is 9.10. The first-order valence-electron chi connectivity index (χ1n) is 11.2. The first-order chi connectivity index (χ1) is 18.7. The highest BCUT2D eigenvalue weighted by atomic mass is 79.9. The zero-order chi connectivity index (χ0) is 28.5. The van der Waals surface area contributed by atoms with E-state index in [1.165, 1.54) is 37.5 Å². The maximum Gasteiger partial charge on any atom is 0.271 e. The number of halogens is 1. The molecule has 0 unspecified atom stereocenters. The molecule has 39 heavy (non-hydrogen) atoms. The van der Waals surface area contributed by atoms with Gasteiger partial charge in [0.05, 0.1) is 33.7 Å². The van der Waals surface area contributed by atoms with Crippen molar-refractivity contribution in [2.24, 2.45) is 0 Å². The molecule has 0 aromatic heterocycles. The lowest BCUT2D eigenvalue weighted by Gasteiger charge is -2.15. The van der Waals surface area contributed by atoms with E-state index in [4.69, 9.17) is 14.2 Å². The predicted molar refractivity (Wildman–Crippen MR) is 145 cm³/mol. The number of carbonyl (C=O) groups excluding carboxylic acids is 1. The SMILES string of the molecule is CCOc1cc(/C=C(\C#N)C(=O)Nc2cc([N+](=O)[O-])ccc2OC)cc(Br)c1OCc1ccc([N+](=O)[O-])cc1. The van der Waals surface area contributed by atoms with Gasteiger partial charge in [-0.05, 0) is 70.4 Å². The Morgan fingerprint density at radius 2 is 1.69 bits per heavy atom. The quantitative estimate of drug-likeness (QED) is 0.124. The normalized spacial score (nSPS) is 10.8. The number of amides is 1. The summed E-state index contributed by atoms with van der Waals surface area (Å²) in [6.45, 7) is 2.17. The highest BCUT2D eigenvalue weighted by Crippen LogP contribution is 2.38. The van der Waals surface area contributed by atoms with Gasteiger partial charge in [-0.3, -0.25) is 25.0 Å². The van der Waals surface area contributed by atoms with Gasteiger partial charge in [0.15, 0.2) is 11.5 Å². The molecule has 0 aliphatic rings. The number of rotatable bonds is 11. The summed E-state index contributed by atoms with van der Waals surface area (Å²) < 4.78 is 17.2. The van der Waals surface area contributed by atoms with Gasteiger partial charge < -0.3 is 19.5 Å². The van der Waals surface area contributed by atoms with Crippen LogP contribution in [0.2, 0.25) is 0 Å². The minimum Gasteiger partial charge on any atom is -0.495 e. The number of anilines is 1. The molecule has 3 aromatic carbocycles. The molecule has 200 valence electrons. The van der Waals surface area contributed by atoms with E-state index in [2.05, 4.69) is 21.2 Å². The Morgan fingerprint density at radius 1 is 1.03 bits per heavy atom. The third-order valence-corrected chi connectivity index (χ3v) is 5.77. The number of nitrogens with one attached hydrogen (secondary N) is 1. The van der Waals surface area contributed by atoms with Crippen molar-refractivity contribution in [3.63, 3.8) is 0 Å². The largest absolute Gasteiger partial charge is 0.495 e. The minimum atomic E-state index is -0.802. The summed E-state index contributed by atoms with van der Waals surface area (Å²) in [5.41, 5.74) is 0.585. The number of hydrogen-bond donors (Lipinski definition) is 1. The topological polar surface area (TPSA) is 167 Å².